The molecule has 1 heterocycles. The topological polar surface area (TPSA) is 33.1 Å². The van der Waals surface area contributed by atoms with Crippen LogP contribution in [0, 0.1) is 6.92 Å². The molecule has 94 valence electrons. The first-order valence-electron chi connectivity index (χ1n) is 5.64. The summed E-state index contributed by atoms with van der Waals surface area (Å²) in [7, 11) is 0. The second-order valence-corrected chi connectivity index (χ2v) is 5.55. The summed E-state index contributed by atoms with van der Waals surface area (Å²) in [5.41, 5.74) is 1.94. The zero-order valence-electron chi connectivity index (χ0n) is 10.0. The van der Waals surface area contributed by atoms with Gasteiger partial charge in [-0.2, -0.15) is 0 Å². The van der Waals surface area contributed by atoms with Crippen LogP contribution >= 0.6 is 23.4 Å². The number of nitrogens with zero attached hydrogens (tertiary/aromatic N) is 1. The Bertz CT molecular complexity index is 533. The fraction of sp³-hybridized carbons (Fsp3) is 0.214. The first-order chi connectivity index (χ1) is 8.66. The van der Waals surface area contributed by atoms with Gasteiger partial charge in [0.1, 0.15) is 0 Å². The van der Waals surface area contributed by atoms with Crippen LogP contribution in [-0.4, -0.2) is 15.8 Å². The highest BCUT2D eigenvalue weighted by Crippen LogP contribution is 2.27. The van der Waals surface area contributed by atoms with Gasteiger partial charge in [-0.3, -0.25) is 4.98 Å². The highest BCUT2D eigenvalue weighted by Gasteiger charge is 2.10. The van der Waals surface area contributed by atoms with Gasteiger partial charge in [0.2, 0.25) is 0 Å². The minimum atomic E-state index is -0.511. The van der Waals surface area contributed by atoms with E-state index in [9.17, 15) is 5.11 Å². The summed E-state index contributed by atoms with van der Waals surface area (Å²) in [4.78, 5) is 5.10. The van der Waals surface area contributed by atoms with Gasteiger partial charge >= 0.3 is 0 Å². The first-order valence-corrected chi connectivity index (χ1v) is 7.00. The molecule has 1 aromatic carbocycles. The van der Waals surface area contributed by atoms with E-state index in [4.69, 9.17) is 11.6 Å². The van der Waals surface area contributed by atoms with Crippen LogP contribution in [0.15, 0.2) is 47.6 Å². The Kier molecular flexibility index (Phi) is 4.64. The number of thioether (sulfide) groups is 1. The average Bonchev–Trinajstić information content (AvgIpc) is 2.37. The van der Waals surface area contributed by atoms with Crippen molar-refractivity contribution < 1.29 is 5.11 Å². The molecule has 18 heavy (non-hydrogen) atoms. The Balaban J connectivity index is 2.00. The van der Waals surface area contributed by atoms with Crippen molar-refractivity contribution in [2.45, 2.75) is 17.9 Å². The second-order valence-electron chi connectivity index (χ2n) is 4.02. The van der Waals surface area contributed by atoms with Crippen LogP contribution < -0.4 is 0 Å². The van der Waals surface area contributed by atoms with E-state index in [0.717, 1.165) is 16.0 Å². The smallest absolute Gasteiger partial charge is 0.0901 e. The molecule has 0 saturated carbocycles. The molecule has 2 rings (SSSR count). The van der Waals surface area contributed by atoms with E-state index in [0.29, 0.717) is 10.8 Å². The molecule has 2 aromatic rings. The predicted molar refractivity (Wildman–Crippen MR) is 76.1 cm³/mol. The van der Waals surface area contributed by atoms with E-state index < -0.39 is 6.10 Å². The molecule has 0 aliphatic heterocycles. The average molecular weight is 280 g/mol. The van der Waals surface area contributed by atoms with Crippen molar-refractivity contribution in [3.8, 4) is 0 Å². The van der Waals surface area contributed by atoms with Gasteiger partial charge in [0.05, 0.1) is 6.10 Å². The van der Waals surface area contributed by atoms with Crippen molar-refractivity contribution >= 4 is 23.4 Å². The van der Waals surface area contributed by atoms with Crippen LogP contribution in [0.4, 0.5) is 0 Å². The molecule has 0 saturated heterocycles. The van der Waals surface area contributed by atoms with Crippen molar-refractivity contribution in [2.24, 2.45) is 0 Å². The van der Waals surface area contributed by atoms with Crippen LogP contribution in [0.1, 0.15) is 17.2 Å². The Morgan fingerprint density at radius 1 is 1.39 bits per heavy atom. The van der Waals surface area contributed by atoms with E-state index in [-0.39, 0.29) is 0 Å². The molecule has 1 atom stereocenters. The summed E-state index contributed by atoms with van der Waals surface area (Å²) in [5.74, 6) is 0.590. The number of hydrogen-bond donors (Lipinski definition) is 1. The Hall–Kier alpha value is -1.03. The van der Waals surface area contributed by atoms with Gasteiger partial charge in [0, 0.05) is 33.6 Å². The number of aryl methyl sites for hydroxylation is 1. The van der Waals surface area contributed by atoms with Gasteiger partial charge in [-0.05, 0) is 36.8 Å². The zero-order chi connectivity index (χ0) is 13.0. The van der Waals surface area contributed by atoms with E-state index in [1.165, 1.54) is 0 Å². The predicted octanol–water partition coefficient (Wildman–Crippen LogP) is 3.87. The molecule has 0 bridgehead atoms. The Labute approximate surface area is 116 Å². The lowest BCUT2D eigenvalue weighted by Crippen LogP contribution is -2.03. The zero-order valence-corrected chi connectivity index (χ0v) is 11.6. The summed E-state index contributed by atoms with van der Waals surface area (Å²) in [6, 6.07) is 9.54. The van der Waals surface area contributed by atoms with Crippen molar-refractivity contribution in [1.29, 1.82) is 0 Å². The van der Waals surface area contributed by atoms with Crippen LogP contribution in [-0.2, 0) is 0 Å². The van der Waals surface area contributed by atoms with E-state index >= 15 is 0 Å². The van der Waals surface area contributed by atoms with Gasteiger partial charge in [-0.25, -0.2) is 0 Å². The fourth-order valence-corrected chi connectivity index (χ4v) is 2.82. The SMILES string of the molecule is Cc1ccncc1C(O)CSc1cccc(Cl)c1. The maximum Gasteiger partial charge on any atom is 0.0901 e. The molecule has 0 radical (unpaired) electrons. The number of rotatable bonds is 4. The standard InChI is InChI=1S/C14H14ClNOS/c1-10-5-6-16-8-13(10)14(17)9-18-12-4-2-3-11(15)7-12/h2-8,14,17H,9H2,1H3. The lowest BCUT2D eigenvalue weighted by Gasteiger charge is -2.12. The number of halogens is 1. The molecule has 1 N–H and O–H groups in total. The molecule has 0 aliphatic rings. The summed E-state index contributed by atoms with van der Waals surface area (Å²) < 4.78 is 0. The monoisotopic (exact) mass is 279 g/mol. The first kappa shape index (κ1) is 13.4. The van der Waals surface area contributed by atoms with Crippen LogP contribution in [0.2, 0.25) is 5.02 Å². The maximum atomic E-state index is 10.1. The molecular weight excluding hydrogens is 266 g/mol. The Morgan fingerprint density at radius 2 is 2.22 bits per heavy atom. The van der Waals surface area contributed by atoms with Crippen molar-refractivity contribution in [3.63, 3.8) is 0 Å². The van der Waals surface area contributed by atoms with Crippen LogP contribution in [0.3, 0.4) is 0 Å². The molecule has 4 heteroatoms. The van der Waals surface area contributed by atoms with Gasteiger partial charge in [0.25, 0.3) is 0 Å². The van der Waals surface area contributed by atoms with E-state index in [1.807, 2.05) is 37.3 Å². The Morgan fingerprint density at radius 3 is 2.94 bits per heavy atom. The van der Waals surface area contributed by atoms with Gasteiger partial charge in [-0.15, -0.1) is 11.8 Å². The van der Waals surface area contributed by atoms with Gasteiger partial charge < -0.3 is 5.11 Å². The summed E-state index contributed by atoms with van der Waals surface area (Å²) >= 11 is 7.50. The molecule has 2 nitrogen and oxygen atoms in total. The molecule has 0 fully saturated rings. The van der Waals surface area contributed by atoms with Crippen molar-refractivity contribution in [2.75, 3.05) is 5.75 Å². The third-order valence-corrected chi connectivity index (χ3v) is 3.95. The van der Waals surface area contributed by atoms with Crippen LogP contribution in [0.5, 0.6) is 0 Å². The van der Waals surface area contributed by atoms with Gasteiger partial charge in [0.15, 0.2) is 0 Å². The van der Waals surface area contributed by atoms with E-state index in [2.05, 4.69) is 4.98 Å². The summed E-state index contributed by atoms with van der Waals surface area (Å²) in [6.45, 7) is 1.98. The molecular formula is C14H14ClNOS. The molecule has 0 spiro atoms. The quantitative estimate of drug-likeness (QED) is 0.863. The van der Waals surface area contributed by atoms with Gasteiger partial charge in [-0.1, -0.05) is 17.7 Å². The number of aromatic nitrogens is 1. The minimum absolute atomic E-state index is 0.511. The lowest BCUT2D eigenvalue weighted by atomic mass is 10.1. The lowest BCUT2D eigenvalue weighted by molar-refractivity contribution is 0.203. The van der Waals surface area contributed by atoms with E-state index in [1.54, 1.807) is 24.2 Å². The molecule has 1 aromatic heterocycles. The normalized spacial score (nSPS) is 12.4. The summed E-state index contributed by atoms with van der Waals surface area (Å²) in [5, 5.41) is 10.9. The minimum Gasteiger partial charge on any atom is -0.387 e. The molecule has 0 aliphatic carbocycles. The number of aliphatic hydroxyl groups is 1. The highest BCUT2D eigenvalue weighted by molar-refractivity contribution is 7.99. The fourth-order valence-electron chi connectivity index (χ4n) is 1.65. The maximum absolute atomic E-state index is 10.1. The number of pyridine rings is 1. The van der Waals surface area contributed by atoms with Crippen molar-refractivity contribution in [1.82, 2.24) is 4.98 Å². The molecule has 1 unspecified atom stereocenters. The third-order valence-electron chi connectivity index (χ3n) is 2.64. The largest absolute Gasteiger partial charge is 0.387 e. The molecule has 0 amide bonds. The number of hydrogen-bond acceptors (Lipinski definition) is 3. The van der Waals surface area contributed by atoms with Crippen molar-refractivity contribution in [3.05, 3.63) is 58.9 Å². The highest BCUT2D eigenvalue weighted by atomic mass is 35.5. The summed E-state index contributed by atoms with van der Waals surface area (Å²) in [6.07, 6.45) is 2.94. The number of aliphatic hydroxyl groups excluding tert-OH is 1. The second kappa shape index (κ2) is 6.23. The number of benzene rings is 1. The third kappa shape index (κ3) is 3.48. The van der Waals surface area contributed by atoms with Crippen LogP contribution in [0.25, 0.3) is 0 Å².